The third kappa shape index (κ3) is 2.62. The number of hydrogen-bond donors (Lipinski definition) is 1. The van der Waals surface area contributed by atoms with Crippen molar-refractivity contribution in [2.24, 2.45) is 41.4 Å². The highest BCUT2D eigenvalue weighted by molar-refractivity contribution is 6.06. The Morgan fingerprint density at radius 2 is 1.47 bits per heavy atom. The molecule has 3 saturated carbocycles. The summed E-state index contributed by atoms with van der Waals surface area (Å²) >= 11 is 0. The number of imide groups is 1. The van der Waals surface area contributed by atoms with E-state index in [2.05, 4.69) is 17.5 Å². The Hall–Kier alpha value is -2.50. The van der Waals surface area contributed by atoms with E-state index in [4.69, 9.17) is 0 Å². The van der Waals surface area contributed by atoms with Crippen molar-refractivity contribution in [1.82, 2.24) is 4.90 Å². The molecule has 1 saturated heterocycles. The van der Waals surface area contributed by atoms with Crippen LogP contribution in [0.3, 0.4) is 0 Å². The van der Waals surface area contributed by atoms with Crippen LogP contribution in [0.1, 0.15) is 32.1 Å². The molecule has 0 radical (unpaired) electrons. The van der Waals surface area contributed by atoms with E-state index in [1.165, 1.54) is 18.6 Å². The molecule has 1 N–H and O–H groups in total. The molecule has 7 rings (SSSR count). The third-order valence-corrected chi connectivity index (χ3v) is 8.24. The summed E-state index contributed by atoms with van der Waals surface area (Å²) in [6.07, 6.45) is 8.23. The maximum absolute atomic E-state index is 13.2. The van der Waals surface area contributed by atoms with Crippen LogP contribution in [-0.4, -0.2) is 28.7 Å². The highest BCUT2D eigenvalue weighted by Gasteiger charge is 2.67. The molecule has 156 valence electrons. The number of likely N-dealkylation sites (tertiary alicyclic amines) is 1. The van der Waals surface area contributed by atoms with Crippen LogP contribution in [0.25, 0.3) is 0 Å². The van der Waals surface area contributed by atoms with Gasteiger partial charge in [-0.15, -0.1) is 0 Å². The second kappa shape index (κ2) is 6.50. The Balaban J connectivity index is 1.11. The summed E-state index contributed by atoms with van der Waals surface area (Å²) in [5, 5.41) is 2.85. The average Bonchev–Trinajstić information content (AvgIpc) is 3.53. The van der Waals surface area contributed by atoms with Gasteiger partial charge in [-0.1, -0.05) is 12.2 Å². The largest absolute Gasteiger partial charge is 0.326 e. The zero-order chi connectivity index (χ0) is 20.6. The maximum Gasteiger partial charge on any atom is 0.233 e. The Morgan fingerprint density at radius 1 is 0.900 bits per heavy atom. The van der Waals surface area contributed by atoms with Crippen LogP contribution < -0.4 is 5.32 Å². The lowest BCUT2D eigenvalue weighted by molar-refractivity contribution is -0.144. The number of nitrogens with zero attached hydrogens (tertiary/aromatic N) is 1. The Labute approximate surface area is 174 Å². The Morgan fingerprint density at radius 3 is 2.03 bits per heavy atom. The van der Waals surface area contributed by atoms with Gasteiger partial charge in [-0.2, -0.15) is 0 Å². The van der Waals surface area contributed by atoms with Gasteiger partial charge in [-0.25, -0.2) is 4.39 Å². The lowest BCUT2D eigenvalue weighted by Crippen LogP contribution is -2.44. The number of benzene rings is 1. The molecule has 6 aliphatic rings. The van der Waals surface area contributed by atoms with E-state index in [-0.39, 0.29) is 59.2 Å². The quantitative estimate of drug-likeness (QED) is 0.616. The summed E-state index contributed by atoms with van der Waals surface area (Å²) < 4.78 is 13.0. The first-order valence-corrected chi connectivity index (χ1v) is 11.1. The van der Waals surface area contributed by atoms with Crippen molar-refractivity contribution in [3.63, 3.8) is 0 Å². The molecule has 5 aliphatic carbocycles. The SMILES string of the molecule is O=C(Nc1ccc(F)cc1)C1CCC(N2C(=O)[C@H]3[C@@H]4C=C[C@@H]([C@H]5C[C@H]45)[C@@H]3C2=O)CC1. The fourth-order valence-electron chi connectivity index (χ4n) is 6.71. The van der Waals surface area contributed by atoms with Gasteiger partial charge in [0.1, 0.15) is 5.82 Å². The van der Waals surface area contributed by atoms with Crippen molar-refractivity contribution in [3.05, 3.63) is 42.2 Å². The Kier molecular flexibility index (Phi) is 3.96. The predicted octanol–water partition coefficient (Wildman–Crippen LogP) is 3.38. The first kappa shape index (κ1) is 18.3. The van der Waals surface area contributed by atoms with Crippen molar-refractivity contribution in [2.75, 3.05) is 5.32 Å². The van der Waals surface area contributed by atoms with E-state index in [0.29, 0.717) is 43.2 Å². The van der Waals surface area contributed by atoms with Crippen LogP contribution in [0.2, 0.25) is 0 Å². The normalized spacial score (nSPS) is 40.9. The number of anilines is 1. The molecule has 3 amide bonds. The highest BCUT2D eigenvalue weighted by atomic mass is 19.1. The molecule has 1 aliphatic heterocycles. The monoisotopic (exact) mass is 408 g/mol. The topological polar surface area (TPSA) is 66.5 Å². The van der Waals surface area contributed by atoms with Crippen molar-refractivity contribution in [3.8, 4) is 0 Å². The molecule has 6 heteroatoms. The molecule has 1 heterocycles. The summed E-state index contributed by atoms with van der Waals surface area (Å²) in [6.45, 7) is 0. The summed E-state index contributed by atoms with van der Waals surface area (Å²) in [4.78, 5) is 40.7. The van der Waals surface area contributed by atoms with Gasteiger partial charge in [0.25, 0.3) is 0 Å². The number of carbonyl (C=O) groups excluding carboxylic acids is 3. The van der Waals surface area contributed by atoms with Crippen molar-refractivity contribution in [2.45, 2.75) is 38.1 Å². The average molecular weight is 408 g/mol. The molecule has 0 spiro atoms. The number of hydrogen-bond acceptors (Lipinski definition) is 3. The molecule has 1 aromatic rings. The third-order valence-electron chi connectivity index (χ3n) is 8.24. The van der Waals surface area contributed by atoms with E-state index in [1.54, 1.807) is 17.0 Å². The molecule has 0 unspecified atom stereocenters. The van der Waals surface area contributed by atoms with Gasteiger partial charge < -0.3 is 5.32 Å². The lowest BCUT2D eigenvalue weighted by atomic mass is 9.63. The van der Waals surface area contributed by atoms with E-state index in [9.17, 15) is 18.8 Å². The predicted molar refractivity (Wildman–Crippen MR) is 107 cm³/mol. The number of rotatable bonds is 3. The first-order chi connectivity index (χ1) is 14.5. The van der Waals surface area contributed by atoms with E-state index >= 15 is 0 Å². The standard InChI is InChI=1S/C24H25FN2O3/c25-13-3-5-14(6-4-13)26-22(28)12-1-7-15(8-2-12)27-23(29)20-16-9-10-17(19-11-18(16)19)21(20)24(27)30/h3-6,9-10,12,15-21H,1-2,7-8,11H2,(H,26,28)/t12?,15?,16-,17+,18-,19-,20+,21+/m1/s1. The second-order valence-electron chi connectivity index (χ2n) is 9.70. The minimum atomic E-state index is -0.338. The summed E-state index contributed by atoms with van der Waals surface area (Å²) in [6, 6.07) is 5.66. The lowest BCUT2D eigenvalue weighted by Gasteiger charge is -2.37. The molecular formula is C24H25FN2O3. The Bertz CT molecular complexity index is 914. The minimum Gasteiger partial charge on any atom is -0.326 e. The van der Waals surface area contributed by atoms with E-state index in [0.717, 1.165) is 0 Å². The van der Waals surface area contributed by atoms with Crippen LogP contribution in [0.15, 0.2) is 36.4 Å². The molecule has 6 atom stereocenters. The van der Waals surface area contributed by atoms with Crippen LogP contribution in [-0.2, 0) is 14.4 Å². The van der Waals surface area contributed by atoms with Gasteiger partial charge in [0, 0.05) is 17.6 Å². The van der Waals surface area contributed by atoms with Gasteiger partial charge in [0.05, 0.1) is 11.8 Å². The summed E-state index contributed by atoms with van der Waals surface area (Å²) in [5.41, 5.74) is 0.582. The van der Waals surface area contributed by atoms with Crippen LogP contribution in [0.4, 0.5) is 10.1 Å². The van der Waals surface area contributed by atoms with Gasteiger partial charge in [0.15, 0.2) is 0 Å². The molecule has 4 fully saturated rings. The van der Waals surface area contributed by atoms with Crippen molar-refractivity contribution in [1.29, 1.82) is 0 Å². The fourth-order valence-corrected chi connectivity index (χ4v) is 6.71. The maximum atomic E-state index is 13.2. The zero-order valence-electron chi connectivity index (χ0n) is 16.7. The fraction of sp³-hybridized carbons (Fsp3) is 0.542. The first-order valence-electron chi connectivity index (χ1n) is 11.1. The molecule has 5 nitrogen and oxygen atoms in total. The van der Waals surface area contributed by atoms with Gasteiger partial charge in [-0.3, -0.25) is 19.3 Å². The number of halogens is 1. The van der Waals surface area contributed by atoms with E-state index < -0.39 is 0 Å². The van der Waals surface area contributed by atoms with Gasteiger partial charge >= 0.3 is 0 Å². The molecule has 0 aromatic heterocycles. The number of nitrogens with one attached hydrogen (secondary N) is 1. The molecular weight excluding hydrogens is 383 g/mol. The highest BCUT2D eigenvalue weighted by Crippen LogP contribution is 2.65. The molecule has 2 bridgehead atoms. The smallest absolute Gasteiger partial charge is 0.233 e. The number of carbonyl (C=O) groups is 3. The van der Waals surface area contributed by atoms with E-state index in [1.807, 2.05) is 0 Å². The number of amides is 3. The van der Waals surface area contributed by atoms with Crippen LogP contribution in [0, 0.1) is 47.2 Å². The number of allylic oxidation sites excluding steroid dienone is 2. The van der Waals surface area contributed by atoms with Crippen molar-refractivity contribution >= 4 is 23.4 Å². The summed E-state index contributed by atoms with van der Waals surface area (Å²) in [7, 11) is 0. The van der Waals surface area contributed by atoms with Gasteiger partial charge in [0.2, 0.25) is 17.7 Å². The van der Waals surface area contributed by atoms with Gasteiger partial charge in [-0.05, 0) is 80.0 Å². The van der Waals surface area contributed by atoms with Crippen molar-refractivity contribution < 1.29 is 18.8 Å². The van der Waals surface area contributed by atoms with Crippen LogP contribution >= 0.6 is 0 Å². The molecule has 30 heavy (non-hydrogen) atoms. The second-order valence-corrected chi connectivity index (χ2v) is 9.70. The zero-order valence-corrected chi connectivity index (χ0v) is 16.7. The minimum absolute atomic E-state index is 0.0360. The molecule has 1 aromatic carbocycles. The summed E-state index contributed by atoms with van der Waals surface area (Å²) in [5.74, 6) is 0.965. The van der Waals surface area contributed by atoms with Crippen LogP contribution in [0.5, 0.6) is 0 Å².